The van der Waals surface area contributed by atoms with E-state index in [0.717, 1.165) is 13.1 Å². The number of nitrogens with one attached hydrogen (secondary N) is 1. The molecule has 92 valence electrons. The van der Waals surface area contributed by atoms with Gasteiger partial charge in [0.2, 0.25) is 0 Å². The van der Waals surface area contributed by atoms with Gasteiger partial charge in [0.25, 0.3) is 5.91 Å². The van der Waals surface area contributed by atoms with E-state index >= 15 is 0 Å². The Bertz CT molecular complexity index is 366. The lowest BCUT2D eigenvalue weighted by Crippen LogP contribution is -2.36. The molecule has 1 N–H and O–H groups in total. The van der Waals surface area contributed by atoms with Crippen molar-refractivity contribution in [2.75, 3.05) is 19.6 Å². The number of pyridine rings is 1. The zero-order chi connectivity index (χ0) is 12.1. The number of carbonyl (C=O) groups is 1. The molecule has 0 spiro atoms. The fraction of sp³-hybridized carbons (Fsp3) is 0.538. The van der Waals surface area contributed by atoms with E-state index in [1.165, 1.54) is 12.8 Å². The molecule has 1 saturated heterocycles. The number of rotatable bonds is 4. The summed E-state index contributed by atoms with van der Waals surface area (Å²) in [5.74, 6) is -0.0371. The molecule has 1 aromatic heterocycles. The van der Waals surface area contributed by atoms with E-state index in [4.69, 9.17) is 0 Å². The van der Waals surface area contributed by atoms with Crippen LogP contribution in [0.25, 0.3) is 0 Å². The summed E-state index contributed by atoms with van der Waals surface area (Å²) in [6.45, 7) is 5.05. The van der Waals surface area contributed by atoms with Gasteiger partial charge in [-0.3, -0.25) is 14.7 Å². The van der Waals surface area contributed by atoms with Crippen molar-refractivity contribution in [2.24, 2.45) is 0 Å². The summed E-state index contributed by atoms with van der Waals surface area (Å²) in [4.78, 5) is 18.1. The van der Waals surface area contributed by atoms with E-state index in [9.17, 15) is 4.79 Å². The molecule has 1 aliphatic heterocycles. The summed E-state index contributed by atoms with van der Waals surface area (Å²) in [7, 11) is 0. The Hall–Kier alpha value is -1.42. The maximum absolute atomic E-state index is 11.7. The Balaban J connectivity index is 1.74. The van der Waals surface area contributed by atoms with Crippen LogP contribution in [-0.2, 0) is 0 Å². The third-order valence-electron chi connectivity index (χ3n) is 3.30. The smallest absolute Gasteiger partial charge is 0.252 e. The molecule has 1 fully saturated rings. The zero-order valence-corrected chi connectivity index (χ0v) is 10.2. The molecule has 1 amide bonds. The van der Waals surface area contributed by atoms with Gasteiger partial charge in [0.15, 0.2) is 0 Å². The third-order valence-corrected chi connectivity index (χ3v) is 3.30. The largest absolute Gasteiger partial charge is 0.351 e. The van der Waals surface area contributed by atoms with E-state index in [1.807, 2.05) is 0 Å². The maximum atomic E-state index is 11.7. The first kappa shape index (κ1) is 12.0. The van der Waals surface area contributed by atoms with Gasteiger partial charge in [0, 0.05) is 31.5 Å². The van der Waals surface area contributed by atoms with Crippen LogP contribution in [0.1, 0.15) is 30.1 Å². The molecule has 1 atom stereocenters. The maximum Gasteiger partial charge on any atom is 0.252 e. The van der Waals surface area contributed by atoms with E-state index in [0.29, 0.717) is 18.2 Å². The highest BCUT2D eigenvalue weighted by Gasteiger charge is 2.19. The molecule has 1 aliphatic rings. The molecule has 2 rings (SSSR count). The molecule has 0 aliphatic carbocycles. The second-order valence-electron chi connectivity index (χ2n) is 4.52. The number of nitrogens with zero attached hydrogens (tertiary/aromatic N) is 2. The number of aromatic nitrogens is 1. The van der Waals surface area contributed by atoms with Gasteiger partial charge in [0.1, 0.15) is 0 Å². The Morgan fingerprint density at radius 1 is 1.65 bits per heavy atom. The van der Waals surface area contributed by atoms with Crippen LogP contribution in [-0.4, -0.2) is 41.5 Å². The Kier molecular flexibility index (Phi) is 4.09. The van der Waals surface area contributed by atoms with Crippen molar-refractivity contribution >= 4 is 5.91 Å². The molecular weight excluding hydrogens is 214 g/mol. The second-order valence-corrected chi connectivity index (χ2v) is 4.52. The van der Waals surface area contributed by atoms with Crippen LogP contribution in [0.15, 0.2) is 24.5 Å². The summed E-state index contributed by atoms with van der Waals surface area (Å²) < 4.78 is 0. The topological polar surface area (TPSA) is 45.2 Å². The van der Waals surface area contributed by atoms with Crippen molar-refractivity contribution in [3.63, 3.8) is 0 Å². The molecule has 1 unspecified atom stereocenters. The van der Waals surface area contributed by atoms with E-state index in [-0.39, 0.29) is 5.91 Å². The Labute approximate surface area is 102 Å². The van der Waals surface area contributed by atoms with Crippen molar-refractivity contribution in [3.05, 3.63) is 30.1 Å². The number of hydrogen-bond acceptors (Lipinski definition) is 3. The number of hydrogen-bond donors (Lipinski definition) is 1. The third kappa shape index (κ3) is 3.27. The lowest BCUT2D eigenvalue weighted by atomic mass is 10.2. The highest BCUT2D eigenvalue weighted by molar-refractivity contribution is 5.93. The first-order valence-corrected chi connectivity index (χ1v) is 6.19. The van der Waals surface area contributed by atoms with Crippen LogP contribution >= 0.6 is 0 Å². The average molecular weight is 233 g/mol. The number of carbonyl (C=O) groups excluding carboxylic acids is 1. The fourth-order valence-electron chi connectivity index (χ4n) is 2.24. The van der Waals surface area contributed by atoms with Crippen molar-refractivity contribution in [1.29, 1.82) is 0 Å². The molecule has 0 aromatic carbocycles. The fourth-order valence-corrected chi connectivity index (χ4v) is 2.24. The molecule has 17 heavy (non-hydrogen) atoms. The summed E-state index contributed by atoms with van der Waals surface area (Å²) in [6.07, 6.45) is 5.81. The van der Waals surface area contributed by atoms with Crippen molar-refractivity contribution < 1.29 is 4.79 Å². The summed E-state index contributed by atoms with van der Waals surface area (Å²) in [5, 5.41) is 2.93. The molecule has 1 aromatic rings. The monoisotopic (exact) mass is 233 g/mol. The van der Waals surface area contributed by atoms with Gasteiger partial charge >= 0.3 is 0 Å². The molecular formula is C13H19N3O. The number of likely N-dealkylation sites (tertiary alicyclic amines) is 1. The highest BCUT2D eigenvalue weighted by atomic mass is 16.1. The van der Waals surface area contributed by atoms with Crippen LogP contribution in [0, 0.1) is 0 Å². The summed E-state index contributed by atoms with van der Waals surface area (Å²) >= 11 is 0. The number of amides is 1. The van der Waals surface area contributed by atoms with E-state index < -0.39 is 0 Å². The van der Waals surface area contributed by atoms with Gasteiger partial charge in [-0.2, -0.15) is 0 Å². The second kappa shape index (κ2) is 5.77. The van der Waals surface area contributed by atoms with Crippen molar-refractivity contribution in [2.45, 2.75) is 25.8 Å². The minimum atomic E-state index is -0.0371. The summed E-state index contributed by atoms with van der Waals surface area (Å²) in [5.41, 5.74) is 0.627. The highest BCUT2D eigenvalue weighted by Crippen LogP contribution is 2.14. The van der Waals surface area contributed by atoms with Gasteiger partial charge in [-0.15, -0.1) is 0 Å². The Morgan fingerprint density at radius 3 is 3.18 bits per heavy atom. The quantitative estimate of drug-likeness (QED) is 0.852. The first-order valence-electron chi connectivity index (χ1n) is 6.19. The van der Waals surface area contributed by atoms with E-state index in [2.05, 4.69) is 22.1 Å². The predicted octanol–water partition coefficient (Wildman–Crippen LogP) is 1.30. The lowest BCUT2D eigenvalue weighted by Gasteiger charge is -2.20. The lowest BCUT2D eigenvalue weighted by molar-refractivity contribution is 0.0947. The van der Waals surface area contributed by atoms with Crippen LogP contribution in [0.4, 0.5) is 0 Å². The van der Waals surface area contributed by atoms with Crippen LogP contribution in [0.5, 0.6) is 0 Å². The van der Waals surface area contributed by atoms with Gasteiger partial charge in [-0.1, -0.05) is 0 Å². The zero-order valence-electron chi connectivity index (χ0n) is 10.2. The average Bonchev–Trinajstić information content (AvgIpc) is 2.76. The van der Waals surface area contributed by atoms with Crippen molar-refractivity contribution in [1.82, 2.24) is 15.2 Å². The van der Waals surface area contributed by atoms with Gasteiger partial charge in [0.05, 0.1) is 5.56 Å². The molecule has 0 saturated carbocycles. The van der Waals surface area contributed by atoms with Gasteiger partial charge in [-0.05, 0) is 38.4 Å². The van der Waals surface area contributed by atoms with Crippen LogP contribution < -0.4 is 5.32 Å². The molecule has 4 nitrogen and oxygen atoms in total. The van der Waals surface area contributed by atoms with Crippen molar-refractivity contribution in [3.8, 4) is 0 Å². The first-order chi connectivity index (χ1) is 8.27. The Morgan fingerprint density at radius 2 is 2.53 bits per heavy atom. The minimum absolute atomic E-state index is 0.0371. The normalized spacial score (nSPS) is 20.4. The minimum Gasteiger partial charge on any atom is -0.351 e. The van der Waals surface area contributed by atoms with Gasteiger partial charge < -0.3 is 5.32 Å². The molecule has 0 radical (unpaired) electrons. The summed E-state index contributed by atoms with van der Waals surface area (Å²) in [6, 6.07) is 4.21. The van der Waals surface area contributed by atoms with Crippen LogP contribution in [0.3, 0.4) is 0 Å². The standard InChI is InChI=1S/C13H19N3O/c1-11-4-3-8-16(11)9-7-15-13(17)12-5-2-6-14-10-12/h2,5-6,10-11H,3-4,7-9H2,1H3,(H,15,17). The molecule has 2 heterocycles. The molecule has 4 heteroatoms. The SMILES string of the molecule is CC1CCCN1CCNC(=O)c1cccnc1. The van der Waals surface area contributed by atoms with E-state index in [1.54, 1.807) is 24.5 Å². The van der Waals surface area contributed by atoms with Crippen LogP contribution in [0.2, 0.25) is 0 Å². The van der Waals surface area contributed by atoms with Gasteiger partial charge in [-0.25, -0.2) is 0 Å². The predicted molar refractivity (Wildman–Crippen MR) is 66.8 cm³/mol. The molecule has 0 bridgehead atoms.